The second kappa shape index (κ2) is 7.19. The first-order chi connectivity index (χ1) is 10.1. The maximum Gasteiger partial charge on any atom is 0.234 e. The van der Waals surface area contributed by atoms with E-state index in [0.29, 0.717) is 19.5 Å². The van der Waals surface area contributed by atoms with Crippen molar-refractivity contribution < 1.29 is 9.59 Å². The molecule has 6 heteroatoms. The zero-order valence-corrected chi connectivity index (χ0v) is 12.0. The monoisotopic (exact) mass is 290 g/mol. The molecule has 6 nitrogen and oxygen atoms in total. The third kappa shape index (κ3) is 4.03. The van der Waals surface area contributed by atoms with E-state index in [4.69, 9.17) is 11.5 Å². The molecule has 0 aliphatic carbocycles. The molecule has 0 saturated carbocycles. The lowest BCUT2D eigenvalue weighted by molar-refractivity contribution is -0.123. The maximum atomic E-state index is 12.0. The minimum absolute atomic E-state index is 0.0778. The molecule has 0 bridgehead atoms. The number of hydrogen-bond acceptors (Lipinski definition) is 4. The van der Waals surface area contributed by atoms with Gasteiger partial charge in [0.05, 0.1) is 6.04 Å². The van der Waals surface area contributed by atoms with E-state index in [0.717, 1.165) is 30.6 Å². The number of para-hydroxylation sites is 1. The average Bonchev–Trinajstić information content (AvgIpc) is 2.94. The van der Waals surface area contributed by atoms with Gasteiger partial charge in [-0.2, -0.15) is 0 Å². The van der Waals surface area contributed by atoms with Crippen molar-refractivity contribution in [3.8, 4) is 0 Å². The highest BCUT2D eigenvalue weighted by molar-refractivity contribution is 5.91. The van der Waals surface area contributed by atoms with E-state index < -0.39 is 0 Å². The molecule has 5 N–H and O–H groups in total. The molecule has 1 atom stereocenters. The van der Waals surface area contributed by atoms with Crippen molar-refractivity contribution in [3.05, 3.63) is 29.8 Å². The largest absolute Gasteiger partial charge is 0.368 e. The topological polar surface area (TPSA) is 101 Å². The van der Waals surface area contributed by atoms with Gasteiger partial charge in [-0.15, -0.1) is 0 Å². The van der Waals surface area contributed by atoms with Crippen LogP contribution in [0.4, 0.5) is 5.69 Å². The minimum atomic E-state index is -0.304. The maximum absolute atomic E-state index is 12.0. The van der Waals surface area contributed by atoms with Crippen LogP contribution in [-0.2, 0) is 16.1 Å². The Labute approximate surface area is 124 Å². The summed E-state index contributed by atoms with van der Waals surface area (Å²) in [5.41, 5.74) is 12.7. The summed E-state index contributed by atoms with van der Waals surface area (Å²) in [5, 5.41) is 2.87. The van der Waals surface area contributed by atoms with Crippen LogP contribution in [0.2, 0.25) is 0 Å². The number of primary amides is 1. The Balaban J connectivity index is 1.86. The summed E-state index contributed by atoms with van der Waals surface area (Å²) in [4.78, 5) is 25.3. The smallest absolute Gasteiger partial charge is 0.234 e. The van der Waals surface area contributed by atoms with Crippen LogP contribution in [0.1, 0.15) is 24.8 Å². The van der Waals surface area contributed by atoms with Crippen LogP contribution >= 0.6 is 0 Å². The lowest BCUT2D eigenvalue weighted by Gasteiger charge is -2.21. The first-order valence-electron chi connectivity index (χ1n) is 7.23. The van der Waals surface area contributed by atoms with E-state index in [2.05, 4.69) is 5.32 Å². The van der Waals surface area contributed by atoms with Gasteiger partial charge in [-0.05, 0) is 31.0 Å². The second-order valence-electron chi connectivity index (χ2n) is 5.26. The number of anilines is 1. The number of rotatable bonds is 6. The Hall–Kier alpha value is -1.92. The van der Waals surface area contributed by atoms with E-state index in [1.165, 1.54) is 0 Å². The molecular formula is C15H22N4O2. The van der Waals surface area contributed by atoms with Gasteiger partial charge in [0, 0.05) is 25.2 Å². The Bertz CT molecular complexity index is 518. The Morgan fingerprint density at radius 1 is 1.33 bits per heavy atom. The summed E-state index contributed by atoms with van der Waals surface area (Å²) < 4.78 is 0. The van der Waals surface area contributed by atoms with Crippen molar-refractivity contribution >= 4 is 17.5 Å². The molecule has 1 heterocycles. The number of likely N-dealkylation sites (tertiary alicyclic amines) is 1. The molecule has 2 rings (SSSR count). The van der Waals surface area contributed by atoms with Crippen LogP contribution in [0.5, 0.6) is 0 Å². The summed E-state index contributed by atoms with van der Waals surface area (Å²) in [6.45, 7) is 1.75. The normalized spacial score (nSPS) is 18.6. The molecule has 1 aliphatic heterocycles. The molecule has 1 fully saturated rings. The number of benzene rings is 1. The van der Waals surface area contributed by atoms with Gasteiger partial charge in [0.1, 0.15) is 0 Å². The van der Waals surface area contributed by atoms with E-state index in [1.807, 2.05) is 29.2 Å². The van der Waals surface area contributed by atoms with Gasteiger partial charge in [0.2, 0.25) is 11.8 Å². The van der Waals surface area contributed by atoms with Gasteiger partial charge in [-0.1, -0.05) is 18.2 Å². The van der Waals surface area contributed by atoms with Crippen LogP contribution in [0.3, 0.4) is 0 Å². The van der Waals surface area contributed by atoms with Crippen LogP contribution in [0, 0.1) is 0 Å². The molecule has 0 radical (unpaired) electrons. The first-order valence-corrected chi connectivity index (χ1v) is 7.23. The lowest BCUT2D eigenvalue weighted by Crippen LogP contribution is -2.41. The van der Waals surface area contributed by atoms with Crippen molar-refractivity contribution in [3.63, 3.8) is 0 Å². The predicted molar refractivity (Wildman–Crippen MR) is 81.4 cm³/mol. The van der Waals surface area contributed by atoms with Gasteiger partial charge in [0.15, 0.2) is 0 Å². The summed E-state index contributed by atoms with van der Waals surface area (Å²) >= 11 is 0. The molecule has 21 heavy (non-hydrogen) atoms. The molecule has 114 valence electrons. The molecule has 0 aromatic heterocycles. The summed E-state index contributed by atoms with van der Waals surface area (Å²) in [6, 6.07) is 7.24. The number of nitrogens with zero attached hydrogens (tertiary/aromatic N) is 1. The highest BCUT2D eigenvalue weighted by Crippen LogP contribution is 2.18. The molecule has 1 aromatic rings. The van der Waals surface area contributed by atoms with E-state index in [-0.39, 0.29) is 17.9 Å². The van der Waals surface area contributed by atoms with Gasteiger partial charge in [0.25, 0.3) is 0 Å². The zero-order valence-electron chi connectivity index (χ0n) is 12.0. The first kappa shape index (κ1) is 15.5. The van der Waals surface area contributed by atoms with Gasteiger partial charge < -0.3 is 16.8 Å². The quantitative estimate of drug-likeness (QED) is 0.707. The number of carbonyl (C=O) groups excluding carboxylic acids is 2. The molecule has 1 aliphatic rings. The molecular weight excluding hydrogens is 268 g/mol. The average molecular weight is 290 g/mol. The van der Waals surface area contributed by atoms with Crippen LogP contribution in [-0.4, -0.2) is 35.8 Å². The van der Waals surface area contributed by atoms with Gasteiger partial charge >= 0.3 is 0 Å². The highest BCUT2D eigenvalue weighted by atomic mass is 16.2. The number of amides is 2. The van der Waals surface area contributed by atoms with Crippen LogP contribution in [0.15, 0.2) is 24.3 Å². The summed E-state index contributed by atoms with van der Waals surface area (Å²) in [5.74, 6) is -0.382. The number of nitrogens with one attached hydrogen (secondary N) is 1. The summed E-state index contributed by atoms with van der Waals surface area (Å²) in [6.07, 6.45) is 2.07. The van der Waals surface area contributed by atoms with E-state index in [1.54, 1.807) is 0 Å². The summed E-state index contributed by atoms with van der Waals surface area (Å²) in [7, 11) is 0. The Kier molecular flexibility index (Phi) is 5.30. The standard InChI is InChI=1S/C15H22N4O2/c16-10-11-4-1-2-5-12(11)18-14(20)7-9-19-8-3-6-13(19)15(17)21/h1-2,4-5,13H,3,6-10,16H2,(H2,17,21)(H,18,20). The van der Waals surface area contributed by atoms with Gasteiger partial charge in [-0.3, -0.25) is 14.5 Å². The van der Waals surface area contributed by atoms with Crippen molar-refractivity contribution in [2.75, 3.05) is 18.4 Å². The fourth-order valence-corrected chi connectivity index (χ4v) is 2.69. The SMILES string of the molecule is NCc1ccccc1NC(=O)CCN1CCCC1C(N)=O. The van der Waals surface area contributed by atoms with E-state index >= 15 is 0 Å². The third-order valence-electron chi connectivity index (χ3n) is 3.83. The number of nitrogens with two attached hydrogens (primary N) is 2. The fourth-order valence-electron chi connectivity index (χ4n) is 2.69. The van der Waals surface area contributed by atoms with Crippen molar-refractivity contribution in [2.45, 2.75) is 31.8 Å². The van der Waals surface area contributed by atoms with Gasteiger partial charge in [-0.25, -0.2) is 0 Å². The Morgan fingerprint density at radius 3 is 2.81 bits per heavy atom. The molecule has 0 spiro atoms. The van der Waals surface area contributed by atoms with E-state index in [9.17, 15) is 9.59 Å². The molecule has 1 aromatic carbocycles. The zero-order chi connectivity index (χ0) is 15.2. The van der Waals surface area contributed by atoms with Crippen LogP contribution in [0.25, 0.3) is 0 Å². The highest BCUT2D eigenvalue weighted by Gasteiger charge is 2.28. The third-order valence-corrected chi connectivity index (χ3v) is 3.83. The second-order valence-corrected chi connectivity index (χ2v) is 5.26. The molecule has 1 saturated heterocycles. The lowest BCUT2D eigenvalue weighted by atomic mass is 10.1. The van der Waals surface area contributed by atoms with Crippen molar-refractivity contribution in [1.29, 1.82) is 0 Å². The molecule has 1 unspecified atom stereocenters. The van der Waals surface area contributed by atoms with Crippen LogP contribution < -0.4 is 16.8 Å². The molecule has 2 amide bonds. The minimum Gasteiger partial charge on any atom is -0.368 e. The fraction of sp³-hybridized carbons (Fsp3) is 0.467. The van der Waals surface area contributed by atoms with Crippen molar-refractivity contribution in [2.24, 2.45) is 11.5 Å². The predicted octanol–water partition coefficient (Wildman–Crippen LogP) is 0.424. The number of hydrogen-bond donors (Lipinski definition) is 3. The Morgan fingerprint density at radius 2 is 2.10 bits per heavy atom. The number of carbonyl (C=O) groups is 2. The van der Waals surface area contributed by atoms with Crippen molar-refractivity contribution in [1.82, 2.24) is 4.90 Å².